The van der Waals surface area contributed by atoms with Gasteiger partial charge in [0, 0.05) is 6.20 Å². The smallest absolute Gasteiger partial charge is 0.344 e. The highest BCUT2D eigenvalue weighted by Crippen LogP contribution is 1.98. The average Bonchev–Trinajstić information content (AvgIpc) is 2.72. The Morgan fingerprint density at radius 1 is 1.39 bits per heavy atom. The zero-order valence-corrected chi connectivity index (χ0v) is 10.3. The second kappa shape index (κ2) is 7.31. The van der Waals surface area contributed by atoms with Crippen LogP contribution >= 0.6 is 0 Å². The van der Waals surface area contributed by atoms with Crippen molar-refractivity contribution in [1.29, 1.82) is 0 Å². The number of unbranched alkanes of at least 4 members (excludes halogenated alkanes) is 1. The summed E-state index contributed by atoms with van der Waals surface area (Å²) < 4.78 is 10.9. The van der Waals surface area contributed by atoms with Crippen molar-refractivity contribution in [3.8, 4) is 0 Å². The predicted octanol–water partition coefficient (Wildman–Crippen LogP) is 0.352. The van der Waals surface area contributed by atoms with Crippen molar-refractivity contribution in [2.24, 2.45) is 0 Å². The molecule has 18 heavy (non-hydrogen) atoms. The van der Waals surface area contributed by atoms with E-state index in [1.807, 2.05) is 6.92 Å². The number of hydrogen-bond donors (Lipinski definition) is 1. The molecule has 0 fully saturated rings. The first-order chi connectivity index (χ1) is 8.61. The highest BCUT2D eigenvalue weighted by atomic mass is 16.6. The van der Waals surface area contributed by atoms with Crippen LogP contribution in [0.1, 0.15) is 19.8 Å². The molecule has 0 saturated heterocycles. The molecule has 7 nitrogen and oxygen atoms in total. The van der Waals surface area contributed by atoms with E-state index in [1.54, 1.807) is 0 Å². The van der Waals surface area contributed by atoms with Crippen LogP contribution in [0.3, 0.4) is 0 Å². The molecule has 0 spiro atoms. The number of nitrogens with two attached hydrogens (primary N) is 1. The number of carbonyl (C=O) groups is 2. The molecule has 0 saturated carbocycles. The van der Waals surface area contributed by atoms with Crippen LogP contribution in [0.5, 0.6) is 0 Å². The van der Waals surface area contributed by atoms with Gasteiger partial charge in [-0.3, -0.25) is 9.48 Å². The van der Waals surface area contributed by atoms with Crippen LogP contribution in [0.4, 0.5) is 5.69 Å². The molecule has 0 aliphatic rings. The third kappa shape index (κ3) is 5.33. The minimum absolute atomic E-state index is 0.0839. The fourth-order valence-electron chi connectivity index (χ4n) is 1.16. The van der Waals surface area contributed by atoms with E-state index in [0.717, 1.165) is 12.8 Å². The highest BCUT2D eigenvalue weighted by molar-refractivity contribution is 5.76. The molecular weight excluding hydrogens is 238 g/mol. The van der Waals surface area contributed by atoms with Gasteiger partial charge in [-0.25, -0.2) is 4.79 Å². The maximum atomic E-state index is 11.3. The molecule has 1 rings (SSSR count). The maximum absolute atomic E-state index is 11.3. The lowest BCUT2D eigenvalue weighted by Gasteiger charge is -2.05. The monoisotopic (exact) mass is 255 g/mol. The minimum Gasteiger partial charge on any atom is -0.463 e. The van der Waals surface area contributed by atoms with Crippen LogP contribution in [0.25, 0.3) is 0 Å². The highest BCUT2D eigenvalue weighted by Gasteiger charge is 2.09. The third-order valence-electron chi connectivity index (χ3n) is 2.06. The fourth-order valence-corrected chi connectivity index (χ4v) is 1.16. The molecule has 1 heterocycles. The number of anilines is 1. The van der Waals surface area contributed by atoms with E-state index >= 15 is 0 Å². The second-order valence-corrected chi connectivity index (χ2v) is 3.71. The lowest BCUT2D eigenvalue weighted by atomic mass is 10.4. The Balaban J connectivity index is 2.18. The Kier molecular flexibility index (Phi) is 5.69. The summed E-state index contributed by atoms with van der Waals surface area (Å²) in [5.41, 5.74) is 5.89. The van der Waals surface area contributed by atoms with Gasteiger partial charge in [0.05, 0.1) is 18.5 Å². The first-order valence-electron chi connectivity index (χ1n) is 5.71. The molecule has 100 valence electrons. The van der Waals surface area contributed by atoms with Crippen molar-refractivity contribution in [3.63, 3.8) is 0 Å². The molecule has 7 heteroatoms. The Labute approximate surface area is 105 Å². The molecule has 0 bridgehead atoms. The normalized spacial score (nSPS) is 10.1. The third-order valence-corrected chi connectivity index (χ3v) is 2.06. The van der Waals surface area contributed by atoms with Crippen LogP contribution in [0.2, 0.25) is 0 Å². The molecule has 1 aromatic heterocycles. The Hall–Kier alpha value is -2.05. The number of aromatic nitrogens is 2. The Morgan fingerprint density at radius 3 is 2.78 bits per heavy atom. The fraction of sp³-hybridized carbons (Fsp3) is 0.545. The van der Waals surface area contributed by atoms with Gasteiger partial charge in [0.2, 0.25) is 0 Å². The van der Waals surface area contributed by atoms with Gasteiger partial charge in [0.15, 0.2) is 6.61 Å². The van der Waals surface area contributed by atoms with Gasteiger partial charge in [-0.1, -0.05) is 13.3 Å². The van der Waals surface area contributed by atoms with Gasteiger partial charge in [-0.2, -0.15) is 5.10 Å². The maximum Gasteiger partial charge on any atom is 0.344 e. The van der Waals surface area contributed by atoms with E-state index in [9.17, 15) is 9.59 Å². The van der Waals surface area contributed by atoms with Crippen molar-refractivity contribution in [3.05, 3.63) is 12.4 Å². The molecule has 0 amide bonds. The van der Waals surface area contributed by atoms with Gasteiger partial charge in [0.1, 0.15) is 6.54 Å². The quantitative estimate of drug-likeness (QED) is 0.558. The number of ether oxygens (including phenoxy) is 2. The summed E-state index contributed by atoms with van der Waals surface area (Å²) in [6, 6.07) is 0. The summed E-state index contributed by atoms with van der Waals surface area (Å²) in [4.78, 5) is 22.5. The number of hydrogen-bond acceptors (Lipinski definition) is 6. The van der Waals surface area contributed by atoms with E-state index in [2.05, 4.69) is 5.10 Å². The predicted molar refractivity (Wildman–Crippen MR) is 63.5 cm³/mol. The topological polar surface area (TPSA) is 96.4 Å². The zero-order valence-electron chi connectivity index (χ0n) is 10.3. The number of nitrogen functional groups attached to an aromatic ring is 1. The number of rotatable bonds is 7. The van der Waals surface area contributed by atoms with Crippen LogP contribution < -0.4 is 5.73 Å². The molecule has 0 radical (unpaired) electrons. The first-order valence-corrected chi connectivity index (χ1v) is 5.71. The Bertz CT molecular complexity index is 403. The van der Waals surface area contributed by atoms with E-state index in [4.69, 9.17) is 15.2 Å². The number of carbonyl (C=O) groups excluding carboxylic acids is 2. The van der Waals surface area contributed by atoms with Crippen LogP contribution in [-0.2, 0) is 25.6 Å². The number of nitrogens with zero attached hydrogens (tertiary/aromatic N) is 2. The first kappa shape index (κ1) is 14.0. The van der Waals surface area contributed by atoms with Gasteiger partial charge in [0.25, 0.3) is 0 Å². The lowest BCUT2D eigenvalue weighted by molar-refractivity contribution is -0.159. The Morgan fingerprint density at radius 2 is 2.17 bits per heavy atom. The van der Waals surface area contributed by atoms with Gasteiger partial charge in [-0.15, -0.1) is 0 Å². The summed E-state index contributed by atoms with van der Waals surface area (Å²) in [5, 5.41) is 3.82. The van der Waals surface area contributed by atoms with Gasteiger partial charge in [-0.05, 0) is 6.42 Å². The molecule has 2 N–H and O–H groups in total. The van der Waals surface area contributed by atoms with E-state index in [-0.39, 0.29) is 13.2 Å². The van der Waals surface area contributed by atoms with Crippen molar-refractivity contribution >= 4 is 17.6 Å². The molecular formula is C11H17N3O4. The molecule has 0 atom stereocenters. The van der Waals surface area contributed by atoms with Crippen molar-refractivity contribution in [2.75, 3.05) is 18.9 Å². The lowest BCUT2D eigenvalue weighted by Crippen LogP contribution is -2.20. The minimum atomic E-state index is -0.564. The molecule has 0 aromatic carbocycles. The van der Waals surface area contributed by atoms with Crippen LogP contribution in [0.15, 0.2) is 12.4 Å². The summed E-state index contributed by atoms with van der Waals surface area (Å²) in [6.07, 6.45) is 4.66. The SMILES string of the molecule is CCCCOC(=O)COC(=O)Cn1cc(N)cn1. The van der Waals surface area contributed by atoms with Crippen molar-refractivity contribution < 1.29 is 19.1 Å². The zero-order chi connectivity index (χ0) is 13.4. The molecule has 0 aliphatic heterocycles. The number of esters is 2. The van der Waals surface area contributed by atoms with Crippen LogP contribution in [0, 0.1) is 0 Å². The molecule has 0 unspecified atom stereocenters. The summed E-state index contributed by atoms with van der Waals surface area (Å²) >= 11 is 0. The van der Waals surface area contributed by atoms with Crippen LogP contribution in [-0.4, -0.2) is 34.9 Å². The second-order valence-electron chi connectivity index (χ2n) is 3.71. The standard InChI is InChI=1S/C11H17N3O4/c1-2-3-4-17-11(16)8-18-10(15)7-14-6-9(12)5-13-14/h5-6H,2-4,7-8,12H2,1H3. The van der Waals surface area contributed by atoms with Gasteiger partial charge < -0.3 is 15.2 Å². The summed E-state index contributed by atoms with van der Waals surface area (Å²) in [6.45, 7) is 1.88. The van der Waals surface area contributed by atoms with Crippen molar-refractivity contribution in [1.82, 2.24) is 9.78 Å². The van der Waals surface area contributed by atoms with Gasteiger partial charge >= 0.3 is 11.9 Å². The summed E-state index contributed by atoms with van der Waals surface area (Å²) in [7, 11) is 0. The van der Waals surface area contributed by atoms with E-state index in [0.29, 0.717) is 12.3 Å². The van der Waals surface area contributed by atoms with E-state index < -0.39 is 11.9 Å². The van der Waals surface area contributed by atoms with Crippen molar-refractivity contribution in [2.45, 2.75) is 26.3 Å². The largest absolute Gasteiger partial charge is 0.463 e. The molecule has 0 aliphatic carbocycles. The molecule has 1 aromatic rings. The average molecular weight is 255 g/mol. The van der Waals surface area contributed by atoms with E-state index in [1.165, 1.54) is 17.1 Å². The summed E-state index contributed by atoms with van der Waals surface area (Å²) in [5.74, 6) is -1.11.